The second-order valence-electron chi connectivity index (χ2n) is 5.49. The average molecular weight is 323 g/mol. The number of fused-ring (bicyclic) bond motifs is 1. The number of ether oxygens (including phenoxy) is 1. The van der Waals surface area contributed by atoms with Crippen molar-refractivity contribution in [1.82, 2.24) is 19.7 Å². The number of carbonyl (C=O) groups excluding carboxylic acids is 1. The molecule has 3 rings (SSSR count). The predicted octanol–water partition coefficient (Wildman–Crippen LogP) is 2.37. The van der Waals surface area contributed by atoms with Crippen LogP contribution in [-0.2, 0) is 11.8 Å². The van der Waals surface area contributed by atoms with Crippen LogP contribution in [0.25, 0.3) is 10.3 Å². The van der Waals surface area contributed by atoms with Crippen LogP contribution in [0.3, 0.4) is 0 Å². The van der Waals surface area contributed by atoms with E-state index in [0.717, 1.165) is 47.1 Å². The van der Waals surface area contributed by atoms with Crippen LogP contribution in [0.4, 0.5) is 9.93 Å². The van der Waals surface area contributed by atoms with Gasteiger partial charge in [-0.05, 0) is 26.7 Å². The number of amides is 1. The molecule has 0 radical (unpaired) electrons. The first-order chi connectivity index (χ1) is 10.6. The van der Waals surface area contributed by atoms with Crippen molar-refractivity contribution in [2.75, 3.05) is 25.0 Å². The molecule has 120 valence electrons. The molecule has 7 nitrogen and oxygen atoms in total. The fourth-order valence-corrected chi connectivity index (χ4v) is 3.75. The lowest BCUT2D eigenvalue weighted by Crippen LogP contribution is -2.42. The lowest BCUT2D eigenvalue weighted by atomic mass is 10.1. The largest absolute Gasteiger partial charge is 0.450 e. The number of nitrogens with one attached hydrogen (secondary N) is 1. The van der Waals surface area contributed by atoms with Gasteiger partial charge in [0.1, 0.15) is 0 Å². The van der Waals surface area contributed by atoms with Gasteiger partial charge in [-0.3, -0.25) is 0 Å². The molecule has 0 aromatic carbocycles. The minimum atomic E-state index is -0.206. The van der Waals surface area contributed by atoms with Crippen molar-refractivity contribution in [1.29, 1.82) is 0 Å². The van der Waals surface area contributed by atoms with Crippen molar-refractivity contribution in [2.24, 2.45) is 7.05 Å². The van der Waals surface area contributed by atoms with Gasteiger partial charge in [-0.15, -0.1) is 0 Å². The number of aryl methyl sites for hydroxylation is 2. The van der Waals surface area contributed by atoms with Crippen molar-refractivity contribution < 1.29 is 9.53 Å². The summed E-state index contributed by atoms with van der Waals surface area (Å²) >= 11 is 1.64. The maximum absolute atomic E-state index is 11.7. The quantitative estimate of drug-likeness (QED) is 0.939. The molecule has 1 amide bonds. The van der Waals surface area contributed by atoms with Crippen LogP contribution < -0.4 is 5.32 Å². The number of aromatic nitrogens is 3. The van der Waals surface area contributed by atoms with Crippen molar-refractivity contribution in [3.8, 4) is 0 Å². The van der Waals surface area contributed by atoms with Crippen LogP contribution in [0.1, 0.15) is 25.5 Å². The highest BCUT2D eigenvalue weighted by Gasteiger charge is 2.24. The highest BCUT2D eigenvalue weighted by Crippen LogP contribution is 2.29. The Morgan fingerprint density at radius 2 is 2.18 bits per heavy atom. The van der Waals surface area contributed by atoms with E-state index in [1.807, 2.05) is 25.6 Å². The van der Waals surface area contributed by atoms with E-state index in [2.05, 4.69) is 15.4 Å². The van der Waals surface area contributed by atoms with Gasteiger partial charge in [0.05, 0.1) is 17.0 Å². The maximum atomic E-state index is 11.7. The first-order valence-corrected chi connectivity index (χ1v) is 8.38. The molecule has 0 spiro atoms. The second kappa shape index (κ2) is 6.12. The van der Waals surface area contributed by atoms with Gasteiger partial charge < -0.3 is 15.0 Å². The highest BCUT2D eigenvalue weighted by atomic mass is 32.1. The molecule has 1 aliphatic heterocycles. The summed E-state index contributed by atoms with van der Waals surface area (Å²) in [4.78, 5) is 18.1. The van der Waals surface area contributed by atoms with E-state index in [1.54, 1.807) is 16.2 Å². The molecule has 8 heteroatoms. The predicted molar refractivity (Wildman–Crippen MR) is 86.4 cm³/mol. The van der Waals surface area contributed by atoms with Crippen LogP contribution in [0.15, 0.2) is 0 Å². The Bertz CT molecular complexity index is 638. The fraction of sp³-hybridized carbons (Fsp3) is 0.643. The van der Waals surface area contributed by atoms with Crippen LogP contribution >= 0.6 is 11.3 Å². The minimum Gasteiger partial charge on any atom is -0.450 e. The number of anilines is 1. The van der Waals surface area contributed by atoms with Crippen LogP contribution in [-0.4, -0.2) is 51.5 Å². The lowest BCUT2D eigenvalue weighted by Gasteiger charge is -2.31. The normalized spacial score (nSPS) is 16.2. The van der Waals surface area contributed by atoms with Gasteiger partial charge in [0.25, 0.3) is 0 Å². The van der Waals surface area contributed by atoms with Crippen molar-refractivity contribution >= 4 is 32.9 Å². The molecule has 22 heavy (non-hydrogen) atoms. The molecule has 1 N–H and O–H groups in total. The van der Waals surface area contributed by atoms with E-state index in [0.29, 0.717) is 12.6 Å². The van der Waals surface area contributed by atoms with Crippen molar-refractivity contribution in [2.45, 2.75) is 32.7 Å². The number of likely N-dealkylation sites (tertiary alicyclic amines) is 1. The van der Waals surface area contributed by atoms with Gasteiger partial charge in [-0.25, -0.2) is 14.5 Å². The van der Waals surface area contributed by atoms with E-state index in [4.69, 9.17) is 4.74 Å². The molecule has 1 aliphatic rings. The van der Waals surface area contributed by atoms with Crippen molar-refractivity contribution in [3.05, 3.63) is 5.69 Å². The second-order valence-corrected chi connectivity index (χ2v) is 6.48. The van der Waals surface area contributed by atoms with Crippen LogP contribution in [0, 0.1) is 6.92 Å². The first-order valence-electron chi connectivity index (χ1n) is 7.57. The molecule has 0 saturated carbocycles. The molecule has 1 saturated heterocycles. The summed E-state index contributed by atoms with van der Waals surface area (Å²) in [6, 6.07) is 0.347. The van der Waals surface area contributed by atoms with Crippen LogP contribution in [0.2, 0.25) is 0 Å². The standard InChI is InChI=1S/C14H21N5O2S/c1-4-21-14(20)19-7-5-10(6-8-19)15-13-16-12-11(22-13)9(2)17-18(12)3/h10H,4-8H2,1-3H3,(H,15,16). The van der Waals surface area contributed by atoms with Gasteiger partial charge in [0.2, 0.25) is 0 Å². The molecule has 0 unspecified atom stereocenters. The summed E-state index contributed by atoms with van der Waals surface area (Å²) in [5.41, 5.74) is 1.94. The van der Waals surface area contributed by atoms with Gasteiger partial charge >= 0.3 is 6.09 Å². The molecule has 2 aromatic heterocycles. The topological polar surface area (TPSA) is 72.3 Å². The third kappa shape index (κ3) is 2.87. The Kier molecular flexibility index (Phi) is 4.19. The van der Waals surface area contributed by atoms with E-state index < -0.39 is 0 Å². The Balaban J connectivity index is 1.60. The Morgan fingerprint density at radius 3 is 2.82 bits per heavy atom. The van der Waals surface area contributed by atoms with Crippen molar-refractivity contribution in [3.63, 3.8) is 0 Å². The third-order valence-electron chi connectivity index (χ3n) is 3.89. The molecule has 1 fully saturated rings. The molecule has 0 aliphatic carbocycles. The maximum Gasteiger partial charge on any atom is 0.409 e. The number of thiazole rings is 1. The van der Waals surface area contributed by atoms with Crippen LogP contribution in [0.5, 0.6) is 0 Å². The zero-order valence-electron chi connectivity index (χ0n) is 13.1. The molecular weight excluding hydrogens is 302 g/mol. The zero-order chi connectivity index (χ0) is 15.7. The number of hydrogen-bond donors (Lipinski definition) is 1. The number of carbonyl (C=O) groups is 1. The lowest BCUT2D eigenvalue weighted by molar-refractivity contribution is 0.0983. The molecule has 0 bridgehead atoms. The molecule has 2 aromatic rings. The van der Waals surface area contributed by atoms with Gasteiger partial charge in [-0.2, -0.15) is 5.10 Å². The Labute approximate surface area is 133 Å². The average Bonchev–Trinajstić information content (AvgIpc) is 3.02. The van der Waals surface area contributed by atoms with E-state index >= 15 is 0 Å². The molecule has 0 atom stereocenters. The van der Waals surface area contributed by atoms with Gasteiger partial charge in [0, 0.05) is 26.2 Å². The summed E-state index contributed by atoms with van der Waals surface area (Å²) in [5.74, 6) is 0. The number of rotatable bonds is 3. The summed E-state index contributed by atoms with van der Waals surface area (Å²) in [6.45, 7) is 5.71. The summed E-state index contributed by atoms with van der Waals surface area (Å²) in [7, 11) is 1.91. The SMILES string of the molecule is CCOC(=O)N1CCC(Nc2nc3c(s2)c(C)nn3C)CC1. The number of piperidine rings is 1. The smallest absolute Gasteiger partial charge is 0.409 e. The van der Waals surface area contributed by atoms with Gasteiger partial charge in [0.15, 0.2) is 10.8 Å². The first kappa shape index (κ1) is 15.1. The summed E-state index contributed by atoms with van der Waals surface area (Å²) < 4.78 is 7.99. The number of hydrogen-bond acceptors (Lipinski definition) is 6. The molecule has 3 heterocycles. The number of nitrogens with zero attached hydrogens (tertiary/aromatic N) is 4. The highest BCUT2D eigenvalue weighted by molar-refractivity contribution is 7.22. The molecular formula is C14H21N5O2S. The van der Waals surface area contributed by atoms with E-state index in [1.165, 1.54) is 0 Å². The summed E-state index contributed by atoms with van der Waals surface area (Å²) in [5, 5.41) is 8.78. The fourth-order valence-electron chi connectivity index (χ4n) is 2.74. The van der Waals surface area contributed by atoms with E-state index in [-0.39, 0.29) is 6.09 Å². The summed E-state index contributed by atoms with van der Waals surface area (Å²) in [6.07, 6.45) is 1.61. The zero-order valence-corrected chi connectivity index (χ0v) is 13.9. The third-order valence-corrected chi connectivity index (χ3v) is 4.98. The van der Waals surface area contributed by atoms with E-state index in [9.17, 15) is 4.79 Å². The minimum absolute atomic E-state index is 0.206. The Hall–Kier alpha value is -1.83. The Morgan fingerprint density at radius 1 is 1.45 bits per heavy atom. The van der Waals surface area contributed by atoms with Gasteiger partial charge in [-0.1, -0.05) is 11.3 Å². The monoisotopic (exact) mass is 323 g/mol.